The number of amides is 1. The minimum atomic E-state index is -0.506. The predicted octanol–water partition coefficient (Wildman–Crippen LogP) is 4.75. The van der Waals surface area contributed by atoms with Crippen LogP contribution >= 0.6 is 0 Å². The van der Waals surface area contributed by atoms with Crippen LogP contribution in [0.4, 0.5) is 4.79 Å². The molecule has 2 aromatic heterocycles. The molecule has 2 saturated heterocycles. The second-order valence-corrected chi connectivity index (χ2v) is 10.3. The summed E-state index contributed by atoms with van der Waals surface area (Å²) in [5.74, 6) is 1.11. The summed E-state index contributed by atoms with van der Waals surface area (Å²) in [6.07, 6.45) is 4.37. The maximum atomic E-state index is 12.2. The van der Waals surface area contributed by atoms with E-state index in [1.165, 1.54) is 0 Å². The second kappa shape index (κ2) is 9.37. The van der Waals surface area contributed by atoms with Gasteiger partial charge in [-0.05, 0) is 64.3 Å². The van der Waals surface area contributed by atoms with Crippen LogP contribution in [0.5, 0.6) is 11.5 Å². The van der Waals surface area contributed by atoms with Gasteiger partial charge in [0.05, 0.1) is 23.9 Å². The third-order valence-corrected chi connectivity index (χ3v) is 6.20. The average Bonchev–Trinajstić information content (AvgIpc) is 3.22. The van der Waals surface area contributed by atoms with E-state index in [-0.39, 0.29) is 24.0 Å². The minimum Gasteiger partial charge on any atom is -0.508 e. The molecule has 5 rings (SSSR count). The first-order chi connectivity index (χ1) is 16.8. The molecule has 9 heteroatoms. The van der Waals surface area contributed by atoms with Crippen LogP contribution in [0.15, 0.2) is 36.5 Å². The van der Waals surface area contributed by atoms with Crippen molar-refractivity contribution in [1.29, 1.82) is 0 Å². The molecule has 0 saturated carbocycles. The van der Waals surface area contributed by atoms with Crippen LogP contribution < -0.4 is 4.74 Å². The predicted molar refractivity (Wildman–Crippen MR) is 130 cm³/mol. The van der Waals surface area contributed by atoms with E-state index in [0.717, 1.165) is 35.9 Å². The number of pyridine rings is 1. The lowest BCUT2D eigenvalue weighted by Crippen LogP contribution is -2.53. The van der Waals surface area contributed by atoms with Crippen molar-refractivity contribution in [3.63, 3.8) is 0 Å². The van der Waals surface area contributed by atoms with Gasteiger partial charge in [-0.25, -0.2) is 14.5 Å². The number of phenolic OH excluding ortho intramolecular Hbond substituents is 1. The zero-order valence-electron chi connectivity index (χ0n) is 20.4. The number of ether oxygens (including phenoxy) is 3. The number of aromatic nitrogens is 3. The summed E-state index contributed by atoms with van der Waals surface area (Å²) in [5, 5.41) is 15.1. The van der Waals surface area contributed by atoms with E-state index in [9.17, 15) is 9.90 Å². The number of nitrogens with zero attached hydrogens (tertiary/aromatic N) is 4. The number of likely N-dealkylation sites (tertiary alicyclic amines) is 1. The molecule has 186 valence electrons. The average molecular weight is 481 g/mol. The first-order valence-corrected chi connectivity index (χ1v) is 12.2. The van der Waals surface area contributed by atoms with Crippen LogP contribution in [0.25, 0.3) is 22.3 Å². The van der Waals surface area contributed by atoms with Crippen LogP contribution in [-0.4, -0.2) is 62.8 Å². The Kier molecular flexibility index (Phi) is 6.27. The van der Waals surface area contributed by atoms with Gasteiger partial charge in [0.1, 0.15) is 17.1 Å². The number of phenols is 1. The van der Waals surface area contributed by atoms with Gasteiger partial charge in [-0.2, -0.15) is 5.10 Å². The molecular weight excluding hydrogens is 448 g/mol. The van der Waals surface area contributed by atoms with Crippen molar-refractivity contribution >= 4 is 17.1 Å². The zero-order valence-corrected chi connectivity index (χ0v) is 20.4. The second-order valence-electron chi connectivity index (χ2n) is 10.3. The number of aromatic hydroxyl groups is 1. The van der Waals surface area contributed by atoms with Crippen molar-refractivity contribution in [2.24, 2.45) is 5.92 Å². The molecule has 1 amide bonds. The Labute approximate surface area is 204 Å². The Balaban J connectivity index is 1.36. The highest BCUT2D eigenvalue weighted by atomic mass is 16.6. The Morgan fingerprint density at radius 3 is 2.66 bits per heavy atom. The fourth-order valence-electron chi connectivity index (χ4n) is 4.37. The molecule has 35 heavy (non-hydrogen) atoms. The number of rotatable bonds is 5. The van der Waals surface area contributed by atoms with Crippen molar-refractivity contribution in [1.82, 2.24) is 19.7 Å². The minimum absolute atomic E-state index is 0.148. The first kappa shape index (κ1) is 23.4. The Bertz CT molecular complexity index is 1190. The fraction of sp³-hybridized carbons (Fsp3) is 0.500. The summed E-state index contributed by atoms with van der Waals surface area (Å²) < 4.78 is 19.5. The number of benzene rings is 1. The molecule has 1 unspecified atom stereocenters. The first-order valence-electron chi connectivity index (χ1n) is 12.2. The SMILES string of the molecule is CC(C)(C)OC(=O)N1CC(COc2cc(-c3ccc(O)cc3)nc3c2cnn3C2CCCCO2)C1. The monoisotopic (exact) mass is 480 g/mol. The highest BCUT2D eigenvalue weighted by molar-refractivity contribution is 5.85. The molecule has 2 aliphatic heterocycles. The molecule has 0 aliphatic carbocycles. The molecule has 0 radical (unpaired) electrons. The summed E-state index contributed by atoms with van der Waals surface area (Å²) >= 11 is 0. The number of carbonyl (C=O) groups excluding carboxylic acids is 1. The van der Waals surface area contributed by atoms with Gasteiger partial charge in [0, 0.05) is 37.2 Å². The standard InChI is InChI=1S/C26H32N4O5/c1-26(2,3)35-25(32)29-14-17(15-29)16-34-22-12-21(18-7-9-19(31)10-8-18)28-24-20(22)13-27-30(24)23-6-4-5-11-33-23/h7-10,12-13,17,23,31H,4-6,11,14-16H2,1-3H3. The van der Waals surface area contributed by atoms with E-state index in [1.807, 2.05) is 43.7 Å². The Hall–Kier alpha value is -3.33. The van der Waals surface area contributed by atoms with Crippen molar-refractivity contribution in [2.75, 3.05) is 26.3 Å². The number of fused-ring (bicyclic) bond motifs is 1. The summed E-state index contributed by atoms with van der Waals surface area (Å²) in [6.45, 7) is 7.98. The van der Waals surface area contributed by atoms with Gasteiger partial charge in [0.15, 0.2) is 11.9 Å². The van der Waals surface area contributed by atoms with Crippen LogP contribution in [-0.2, 0) is 9.47 Å². The Morgan fingerprint density at radius 2 is 1.97 bits per heavy atom. The van der Waals surface area contributed by atoms with Gasteiger partial charge in [-0.15, -0.1) is 0 Å². The summed E-state index contributed by atoms with van der Waals surface area (Å²) in [4.78, 5) is 18.8. The molecule has 1 N–H and O–H groups in total. The number of carbonyl (C=O) groups is 1. The van der Waals surface area contributed by atoms with E-state index >= 15 is 0 Å². The molecule has 0 bridgehead atoms. The van der Waals surface area contributed by atoms with Gasteiger partial charge in [0.25, 0.3) is 0 Å². The van der Waals surface area contributed by atoms with Crippen LogP contribution in [0.3, 0.4) is 0 Å². The lowest BCUT2D eigenvalue weighted by Gasteiger charge is -2.39. The largest absolute Gasteiger partial charge is 0.508 e. The van der Waals surface area contributed by atoms with Crippen LogP contribution in [0.1, 0.15) is 46.3 Å². The van der Waals surface area contributed by atoms with Gasteiger partial charge >= 0.3 is 6.09 Å². The van der Waals surface area contributed by atoms with Crippen molar-refractivity contribution in [3.8, 4) is 22.8 Å². The van der Waals surface area contributed by atoms with Gasteiger partial charge < -0.3 is 24.2 Å². The molecule has 3 aromatic rings. The summed E-state index contributed by atoms with van der Waals surface area (Å²) in [6, 6.07) is 8.85. The third-order valence-electron chi connectivity index (χ3n) is 6.20. The molecule has 9 nitrogen and oxygen atoms in total. The van der Waals surface area contributed by atoms with Crippen molar-refractivity contribution in [3.05, 3.63) is 36.5 Å². The molecular formula is C26H32N4O5. The maximum Gasteiger partial charge on any atom is 0.410 e. The van der Waals surface area contributed by atoms with E-state index in [4.69, 9.17) is 19.2 Å². The summed E-state index contributed by atoms with van der Waals surface area (Å²) in [7, 11) is 0. The number of hydrogen-bond acceptors (Lipinski definition) is 7. The van der Waals surface area contributed by atoms with Crippen molar-refractivity contribution < 1.29 is 24.1 Å². The molecule has 1 atom stereocenters. The number of hydrogen-bond donors (Lipinski definition) is 1. The smallest absolute Gasteiger partial charge is 0.410 e. The van der Waals surface area contributed by atoms with E-state index in [1.54, 1.807) is 23.2 Å². The molecule has 1 aromatic carbocycles. The van der Waals surface area contributed by atoms with Crippen molar-refractivity contribution in [2.45, 2.75) is 51.9 Å². The topological polar surface area (TPSA) is 98.9 Å². The molecule has 0 spiro atoms. The van der Waals surface area contributed by atoms with E-state index in [0.29, 0.717) is 37.7 Å². The third kappa shape index (κ3) is 5.19. The molecule has 2 aliphatic rings. The maximum absolute atomic E-state index is 12.2. The molecule has 4 heterocycles. The normalized spacial score (nSPS) is 18.9. The lowest BCUT2D eigenvalue weighted by molar-refractivity contribution is -0.0370. The van der Waals surface area contributed by atoms with Gasteiger partial charge in [-0.3, -0.25) is 0 Å². The van der Waals surface area contributed by atoms with Gasteiger partial charge in [0.2, 0.25) is 0 Å². The van der Waals surface area contributed by atoms with E-state index in [2.05, 4.69) is 5.10 Å². The molecule has 2 fully saturated rings. The summed E-state index contributed by atoms with van der Waals surface area (Å²) in [5.41, 5.74) is 1.80. The van der Waals surface area contributed by atoms with Gasteiger partial charge in [-0.1, -0.05) is 0 Å². The van der Waals surface area contributed by atoms with E-state index < -0.39 is 5.60 Å². The Morgan fingerprint density at radius 1 is 1.20 bits per heavy atom. The highest BCUT2D eigenvalue weighted by Crippen LogP contribution is 2.34. The lowest BCUT2D eigenvalue weighted by atomic mass is 10.0. The zero-order chi connectivity index (χ0) is 24.6. The fourth-order valence-corrected chi connectivity index (χ4v) is 4.37. The quantitative estimate of drug-likeness (QED) is 0.563. The van der Waals surface area contributed by atoms with Crippen LogP contribution in [0.2, 0.25) is 0 Å². The highest BCUT2D eigenvalue weighted by Gasteiger charge is 2.34. The van der Waals surface area contributed by atoms with Crippen LogP contribution in [0, 0.1) is 5.92 Å².